The van der Waals surface area contributed by atoms with Crippen molar-refractivity contribution in [2.45, 2.75) is 6.10 Å². The smallest absolute Gasteiger partial charge is 0.246 e. The number of morpholine rings is 1. The van der Waals surface area contributed by atoms with E-state index in [1.165, 1.54) is 0 Å². The first kappa shape index (κ1) is 11.4. The molecule has 1 aromatic rings. The van der Waals surface area contributed by atoms with E-state index in [1.54, 1.807) is 7.11 Å². The highest BCUT2D eigenvalue weighted by Gasteiger charge is 2.20. The number of rotatable bonds is 2. The molecule has 1 atom stereocenters. The normalized spacial score (nSPS) is 20.4. The van der Waals surface area contributed by atoms with E-state index < -0.39 is 0 Å². The Labute approximate surface area is 102 Å². The lowest BCUT2D eigenvalue weighted by molar-refractivity contribution is -0.133. The molecule has 1 aromatic carbocycles. The molecule has 0 aromatic heterocycles. The molecule has 86 valence electrons. The predicted molar refractivity (Wildman–Crippen MR) is 62.4 cm³/mol. The molecule has 1 saturated heterocycles. The van der Waals surface area contributed by atoms with E-state index in [1.807, 2.05) is 18.2 Å². The van der Waals surface area contributed by atoms with Crippen LogP contribution in [0.3, 0.4) is 0 Å². The second-order valence-electron chi connectivity index (χ2n) is 3.50. The summed E-state index contributed by atoms with van der Waals surface area (Å²) in [6, 6.07) is 5.76. The third-order valence-corrected chi connectivity index (χ3v) is 3.07. The molecule has 0 aliphatic carbocycles. The maximum absolute atomic E-state index is 10.9. The zero-order chi connectivity index (χ0) is 11.5. The van der Waals surface area contributed by atoms with Crippen LogP contribution in [0.5, 0.6) is 5.75 Å². The summed E-state index contributed by atoms with van der Waals surface area (Å²) in [5.74, 6) is 0.715. The first-order chi connectivity index (χ1) is 7.70. The Morgan fingerprint density at radius 3 is 2.94 bits per heavy atom. The molecule has 0 saturated carbocycles. The number of ether oxygens (including phenoxy) is 2. The predicted octanol–water partition coefficient (Wildman–Crippen LogP) is 1.65. The molecule has 0 bridgehead atoms. The lowest BCUT2D eigenvalue weighted by atomic mass is 10.1. The molecule has 0 unspecified atom stereocenters. The van der Waals surface area contributed by atoms with Crippen molar-refractivity contribution in [3.63, 3.8) is 0 Å². The summed E-state index contributed by atoms with van der Waals surface area (Å²) >= 11 is 3.42. The Balaban J connectivity index is 2.15. The van der Waals surface area contributed by atoms with Crippen LogP contribution in [0.25, 0.3) is 0 Å². The van der Waals surface area contributed by atoms with Gasteiger partial charge in [0, 0.05) is 6.54 Å². The third-order valence-electron chi connectivity index (χ3n) is 2.45. The summed E-state index contributed by atoms with van der Waals surface area (Å²) < 4.78 is 11.5. The van der Waals surface area contributed by atoms with Gasteiger partial charge in [0.2, 0.25) is 5.91 Å². The summed E-state index contributed by atoms with van der Waals surface area (Å²) in [5, 5.41) is 2.77. The number of halogens is 1. The van der Waals surface area contributed by atoms with Crippen molar-refractivity contribution < 1.29 is 14.3 Å². The molecule has 0 spiro atoms. The molecule has 0 radical (unpaired) electrons. The highest BCUT2D eigenvalue weighted by atomic mass is 79.9. The van der Waals surface area contributed by atoms with Crippen molar-refractivity contribution >= 4 is 21.8 Å². The lowest BCUT2D eigenvalue weighted by Crippen LogP contribution is -2.38. The number of hydrogen-bond acceptors (Lipinski definition) is 3. The van der Waals surface area contributed by atoms with Gasteiger partial charge in [-0.3, -0.25) is 4.79 Å². The summed E-state index contributed by atoms with van der Waals surface area (Å²) in [6.07, 6.45) is -0.0834. The molecular formula is C11H12BrNO3. The van der Waals surface area contributed by atoms with E-state index in [-0.39, 0.29) is 18.6 Å². The molecular weight excluding hydrogens is 274 g/mol. The fraction of sp³-hybridized carbons (Fsp3) is 0.364. The average molecular weight is 286 g/mol. The number of carbonyl (C=O) groups excluding carboxylic acids is 1. The van der Waals surface area contributed by atoms with Gasteiger partial charge < -0.3 is 14.8 Å². The zero-order valence-corrected chi connectivity index (χ0v) is 10.4. The number of benzene rings is 1. The Morgan fingerprint density at radius 2 is 2.38 bits per heavy atom. The van der Waals surface area contributed by atoms with Gasteiger partial charge >= 0.3 is 0 Å². The van der Waals surface area contributed by atoms with Gasteiger partial charge in [0.25, 0.3) is 0 Å². The first-order valence-corrected chi connectivity index (χ1v) is 5.71. The minimum absolute atomic E-state index is 0.0659. The number of nitrogens with one attached hydrogen (secondary N) is 1. The van der Waals surface area contributed by atoms with Crippen LogP contribution in [0.2, 0.25) is 0 Å². The van der Waals surface area contributed by atoms with Gasteiger partial charge in [0.1, 0.15) is 18.5 Å². The highest BCUT2D eigenvalue weighted by molar-refractivity contribution is 9.10. The van der Waals surface area contributed by atoms with Crippen LogP contribution in [0, 0.1) is 0 Å². The van der Waals surface area contributed by atoms with E-state index in [0.29, 0.717) is 6.54 Å². The molecule has 2 rings (SSSR count). The standard InChI is InChI=1S/C11H12BrNO3/c1-15-9-3-2-7(4-8(9)12)10-5-13-11(14)6-16-10/h2-4,10H,5-6H2,1H3,(H,13,14)/t10-/m1/s1. The van der Waals surface area contributed by atoms with Crippen LogP contribution in [0.4, 0.5) is 0 Å². The highest BCUT2D eigenvalue weighted by Crippen LogP contribution is 2.29. The van der Waals surface area contributed by atoms with Crippen LogP contribution in [-0.2, 0) is 9.53 Å². The van der Waals surface area contributed by atoms with Gasteiger partial charge in [-0.2, -0.15) is 0 Å². The minimum atomic E-state index is -0.0834. The number of hydrogen-bond donors (Lipinski definition) is 1. The molecule has 5 heteroatoms. The van der Waals surface area contributed by atoms with Crippen molar-refractivity contribution in [1.29, 1.82) is 0 Å². The molecule has 1 aliphatic rings. The molecule has 1 heterocycles. The molecule has 1 aliphatic heterocycles. The topological polar surface area (TPSA) is 47.6 Å². The third kappa shape index (κ3) is 2.36. The zero-order valence-electron chi connectivity index (χ0n) is 8.83. The molecule has 1 amide bonds. The second-order valence-corrected chi connectivity index (χ2v) is 4.35. The number of amides is 1. The maximum atomic E-state index is 10.9. The van der Waals surface area contributed by atoms with Crippen molar-refractivity contribution in [2.24, 2.45) is 0 Å². The van der Waals surface area contributed by atoms with Crippen LogP contribution in [0.1, 0.15) is 11.7 Å². The van der Waals surface area contributed by atoms with Gasteiger partial charge in [0.05, 0.1) is 11.6 Å². The van der Waals surface area contributed by atoms with E-state index in [4.69, 9.17) is 9.47 Å². The van der Waals surface area contributed by atoms with Crippen LogP contribution < -0.4 is 10.1 Å². The Bertz CT molecular complexity index is 398. The van der Waals surface area contributed by atoms with E-state index in [9.17, 15) is 4.79 Å². The Morgan fingerprint density at radius 1 is 1.56 bits per heavy atom. The molecule has 1 fully saturated rings. The fourth-order valence-electron chi connectivity index (χ4n) is 1.59. The Kier molecular flexibility index (Phi) is 3.46. The van der Waals surface area contributed by atoms with Gasteiger partial charge in [-0.25, -0.2) is 0 Å². The summed E-state index contributed by atoms with van der Waals surface area (Å²) in [6.45, 7) is 0.631. The quantitative estimate of drug-likeness (QED) is 0.899. The summed E-state index contributed by atoms with van der Waals surface area (Å²) in [5.41, 5.74) is 1.02. The van der Waals surface area contributed by atoms with E-state index in [0.717, 1.165) is 15.8 Å². The van der Waals surface area contributed by atoms with Gasteiger partial charge in [-0.1, -0.05) is 6.07 Å². The van der Waals surface area contributed by atoms with Gasteiger partial charge in [0.15, 0.2) is 0 Å². The SMILES string of the molecule is COc1ccc([C@H]2CNC(=O)CO2)cc1Br. The van der Waals surface area contributed by atoms with Crippen molar-refractivity contribution in [3.05, 3.63) is 28.2 Å². The summed E-state index contributed by atoms with van der Waals surface area (Å²) in [7, 11) is 1.62. The van der Waals surface area contributed by atoms with Crippen LogP contribution in [0.15, 0.2) is 22.7 Å². The molecule has 1 N–H and O–H groups in total. The monoisotopic (exact) mass is 285 g/mol. The van der Waals surface area contributed by atoms with E-state index in [2.05, 4.69) is 21.2 Å². The minimum Gasteiger partial charge on any atom is -0.496 e. The number of methoxy groups -OCH3 is 1. The van der Waals surface area contributed by atoms with Crippen LogP contribution in [-0.4, -0.2) is 26.2 Å². The average Bonchev–Trinajstić information content (AvgIpc) is 2.30. The molecule has 16 heavy (non-hydrogen) atoms. The summed E-state index contributed by atoms with van der Waals surface area (Å²) in [4.78, 5) is 10.9. The largest absolute Gasteiger partial charge is 0.496 e. The first-order valence-electron chi connectivity index (χ1n) is 4.92. The van der Waals surface area contributed by atoms with Crippen LogP contribution >= 0.6 is 15.9 Å². The van der Waals surface area contributed by atoms with Crippen molar-refractivity contribution in [1.82, 2.24) is 5.32 Å². The molecule has 4 nitrogen and oxygen atoms in total. The second kappa shape index (κ2) is 4.84. The van der Waals surface area contributed by atoms with Crippen molar-refractivity contribution in [3.8, 4) is 5.75 Å². The van der Waals surface area contributed by atoms with E-state index >= 15 is 0 Å². The van der Waals surface area contributed by atoms with Crippen molar-refractivity contribution in [2.75, 3.05) is 20.3 Å². The van der Waals surface area contributed by atoms with Gasteiger partial charge in [-0.15, -0.1) is 0 Å². The van der Waals surface area contributed by atoms with Gasteiger partial charge in [-0.05, 0) is 33.6 Å². The number of carbonyl (C=O) groups is 1. The Hall–Kier alpha value is -1.07. The lowest BCUT2D eigenvalue weighted by Gasteiger charge is -2.23. The maximum Gasteiger partial charge on any atom is 0.246 e. The fourth-order valence-corrected chi connectivity index (χ4v) is 2.15.